The molecule has 17 nitrogen and oxygen atoms in total. The molecular weight excluding hydrogens is 1260 g/mol. The topological polar surface area (TPSA) is 237 Å². The molecule has 0 amide bonds. The van der Waals surface area contributed by atoms with Crippen LogP contribution in [0.3, 0.4) is 0 Å². The Kier molecular flexibility index (Phi) is 67.4. The Morgan fingerprint density at radius 2 is 0.479 bits per heavy atom. The van der Waals surface area contributed by atoms with Crippen LogP contribution in [-0.2, 0) is 65.4 Å². The van der Waals surface area contributed by atoms with Crippen LogP contribution in [0.2, 0.25) is 0 Å². The van der Waals surface area contributed by atoms with Crippen LogP contribution in [0.5, 0.6) is 0 Å². The molecule has 0 fully saturated rings. The Balaban J connectivity index is 5.18. The predicted molar refractivity (Wildman–Crippen MR) is 391 cm³/mol. The first-order chi connectivity index (χ1) is 46.4. The van der Waals surface area contributed by atoms with Gasteiger partial charge in [-0.05, 0) is 37.5 Å². The number of unbranched alkanes of at least 4 members (excludes halogenated alkanes) is 46. The van der Waals surface area contributed by atoms with E-state index in [0.717, 1.165) is 102 Å². The fraction of sp³-hybridized carbons (Fsp3) is 0.948. The van der Waals surface area contributed by atoms with Crippen LogP contribution in [0.4, 0.5) is 0 Å². The third-order valence-corrected chi connectivity index (χ3v) is 19.9. The maximum absolute atomic E-state index is 13.1. The van der Waals surface area contributed by atoms with Crippen LogP contribution in [0.25, 0.3) is 0 Å². The summed E-state index contributed by atoms with van der Waals surface area (Å²) in [5.41, 5.74) is 0. The minimum atomic E-state index is -4.96. The van der Waals surface area contributed by atoms with Crippen molar-refractivity contribution in [1.29, 1.82) is 0 Å². The van der Waals surface area contributed by atoms with E-state index in [0.29, 0.717) is 31.6 Å². The minimum absolute atomic E-state index is 0.104. The quantitative estimate of drug-likeness (QED) is 0.0222. The van der Waals surface area contributed by atoms with Gasteiger partial charge in [0, 0.05) is 25.7 Å². The van der Waals surface area contributed by atoms with Crippen molar-refractivity contribution in [2.75, 3.05) is 39.6 Å². The monoisotopic (exact) mass is 1410 g/mol. The second-order valence-electron chi connectivity index (χ2n) is 28.7. The van der Waals surface area contributed by atoms with Crippen LogP contribution in [0.15, 0.2) is 0 Å². The summed E-state index contributed by atoms with van der Waals surface area (Å²) in [4.78, 5) is 72.8. The summed E-state index contributed by atoms with van der Waals surface area (Å²) in [6, 6.07) is 0. The Bertz CT molecular complexity index is 1860. The number of esters is 4. The van der Waals surface area contributed by atoms with E-state index in [4.69, 9.17) is 37.0 Å². The lowest BCUT2D eigenvalue weighted by atomic mass is 10.0. The maximum atomic E-state index is 13.1. The summed E-state index contributed by atoms with van der Waals surface area (Å²) < 4.78 is 68.5. The molecule has 0 aromatic rings. The fourth-order valence-corrected chi connectivity index (χ4v) is 13.4. The Morgan fingerprint density at radius 3 is 0.708 bits per heavy atom. The van der Waals surface area contributed by atoms with Gasteiger partial charge in [0.05, 0.1) is 26.4 Å². The molecular formula is C77H150O17P2. The highest BCUT2D eigenvalue weighted by atomic mass is 31.2. The standard InChI is InChI=1S/C77H150O17P2/c1-7-9-11-13-15-17-19-21-22-23-24-25-26-27-28-29-31-33-35-42-49-55-61-76(81)93-72(65-87-74(79)59-53-47-41-34-32-30-20-18-16-14-12-10-8-2)67-91-95(83,84)89-63-71(78)64-90-96(85,86)92-68-73(66-88-75(80)60-54-48-44-38-40-46-52-58-70(5)6)94-77(82)62-56-50-43-37-36-39-45-51-57-69(3)4/h69-73,78H,7-68H2,1-6H3,(H,83,84)(H,85,86)/t71-,72-,73-/m1/s1. The van der Waals surface area contributed by atoms with Crippen molar-refractivity contribution in [2.24, 2.45) is 11.8 Å². The van der Waals surface area contributed by atoms with Crippen LogP contribution >= 0.6 is 15.6 Å². The van der Waals surface area contributed by atoms with Gasteiger partial charge in [-0.1, -0.05) is 350 Å². The van der Waals surface area contributed by atoms with Gasteiger partial charge in [0.15, 0.2) is 12.2 Å². The number of rotatable bonds is 76. The molecule has 0 spiro atoms. The normalized spacial score (nSPS) is 14.0. The molecule has 0 aliphatic carbocycles. The fourth-order valence-electron chi connectivity index (χ4n) is 11.8. The van der Waals surface area contributed by atoms with Crippen molar-refractivity contribution in [2.45, 2.75) is 419 Å². The van der Waals surface area contributed by atoms with Crippen molar-refractivity contribution in [3.63, 3.8) is 0 Å². The summed E-state index contributed by atoms with van der Waals surface area (Å²) in [5, 5.41) is 10.6. The van der Waals surface area contributed by atoms with E-state index < -0.39 is 97.5 Å². The molecule has 0 aromatic heterocycles. The summed E-state index contributed by atoms with van der Waals surface area (Å²) >= 11 is 0. The van der Waals surface area contributed by atoms with Gasteiger partial charge in [-0.15, -0.1) is 0 Å². The van der Waals surface area contributed by atoms with E-state index in [1.54, 1.807) is 0 Å². The number of hydrogen-bond acceptors (Lipinski definition) is 15. The van der Waals surface area contributed by atoms with Crippen molar-refractivity contribution in [3.8, 4) is 0 Å². The van der Waals surface area contributed by atoms with Gasteiger partial charge >= 0.3 is 39.5 Å². The molecule has 0 saturated carbocycles. The van der Waals surface area contributed by atoms with Crippen LogP contribution in [0.1, 0.15) is 401 Å². The van der Waals surface area contributed by atoms with Gasteiger partial charge in [0.1, 0.15) is 19.3 Å². The smallest absolute Gasteiger partial charge is 0.462 e. The molecule has 0 aromatic carbocycles. The number of phosphoric acid groups is 2. The molecule has 0 bridgehead atoms. The zero-order chi connectivity index (χ0) is 70.7. The summed E-state index contributed by atoms with van der Waals surface area (Å²) in [6.07, 6.45) is 57.2. The number of carbonyl (C=O) groups is 4. The summed E-state index contributed by atoms with van der Waals surface area (Å²) in [5.74, 6) is -0.695. The number of aliphatic hydroxyl groups excluding tert-OH is 1. The van der Waals surface area contributed by atoms with Gasteiger partial charge in [-0.2, -0.15) is 0 Å². The second kappa shape index (κ2) is 68.8. The van der Waals surface area contributed by atoms with E-state index in [9.17, 15) is 43.2 Å². The summed E-state index contributed by atoms with van der Waals surface area (Å²) in [6.45, 7) is 9.50. The average Bonchev–Trinajstić information content (AvgIpc) is 2.69. The predicted octanol–water partition coefficient (Wildman–Crippen LogP) is 22.7. The van der Waals surface area contributed by atoms with Gasteiger partial charge in [-0.3, -0.25) is 37.3 Å². The van der Waals surface area contributed by atoms with Crippen molar-refractivity contribution in [3.05, 3.63) is 0 Å². The van der Waals surface area contributed by atoms with Crippen molar-refractivity contribution in [1.82, 2.24) is 0 Å². The molecule has 0 aliphatic heterocycles. The number of phosphoric ester groups is 2. The van der Waals surface area contributed by atoms with E-state index in [2.05, 4.69) is 41.5 Å². The lowest BCUT2D eigenvalue weighted by molar-refractivity contribution is -0.161. The highest BCUT2D eigenvalue weighted by Gasteiger charge is 2.30. The Labute approximate surface area is 588 Å². The van der Waals surface area contributed by atoms with E-state index in [1.165, 1.54) is 212 Å². The zero-order valence-electron chi connectivity index (χ0n) is 62.7. The number of hydrogen-bond donors (Lipinski definition) is 3. The third kappa shape index (κ3) is 70.5. The molecule has 570 valence electrons. The zero-order valence-corrected chi connectivity index (χ0v) is 64.5. The Morgan fingerprint density at radius 1 is 0.281 bits per heavy atom. The van der Waals surface area contributed by atoms with Gasteiger partial charge in [-0.25, -0.2) is 9.13 Å². The Hall–Kier alpha value is -1.94. The van der Waals surface area contributed by atoms with Crippen molar-refractivity contribution >= 4 is 39.5 Å². The molecule has 5 atom stereocenters. The maximum Gasteiger partial charge on any atom is 0.472 e. The highest BCUT2D eigenvalue weighted by molar-refractivity contribution is 7.47. The lowest BCUT2D eigenvalue weighted by Gasteiger charge is -2.21. The first kappa shape index (κ1) is 94.1. The molecule has 19 heteroatoms. The number of ether oxygens (including phenoxy) is 4. The van der Waals surface area contributed by atoms with Crippen LogP contribution in [0, 0.1) is 11.8 Å². The molecule has 0 heterocycles. The van der Waals surface area contributed by atoms with Gasteiger partial charge in [0.2, 0.25) is 0 Å². The third-order valence-electron chi connectivity index (χ3n) is 18.0. The minimum Gasteiger partial charge on any atom is -0.462 e. The van der Waals surface area contributed by atoms with Crippen LogP contribution < -0.4 is 0 Å². The molecule has 96 heavy (non-hydrogen) atoms. The first-order valence-electron chi connectivity index (χ1n) is 40.0. The SMILES string of the molecule is CCCCCCCCCCCCCCCCCCCCCCCCC(=O)O[C@H](COC(=O)CCCCCCCCCCCCCCC)COP(=O)(O)OC[C@@H](O)COP(=O)(O)OC[C@@H](COC(=O)CCCCCCCCCC(C)C)OC(=O)CCCCCCCCCCC(C)C. The van der Waals surface area contributed by atoms with E-state index >= 15 is 0 Å². The number of aliphatic hydroxyl groups is 1. The molecule has 3 N–H and O–H groups in total. The largest absolute Gasteiger partial charge is 0.472 e. The van der Waals surface area contributed by atoms with Gasteiger partial charge in [0.25, 0.3) is 0 Å². The van der Waals surface area contributed by atoms with Crippen molar-refractivity contribution < 1.29 is 80.2 Å². The molecule has 0 radical (unpaired) electrons. The highest BCUT2D eigenvalue weighted by Crippen LogP contribution is 2.45. The average molecular weight is 1410 g/mol. The second-order valence-corrected chi connectivity index (χ2v) is 31.6. The van der Waals surface area contributed by atoms with E-state index in [1.807, 2.05) is 0 Å². The lowest BCUT2D eigenvalue weighted by Crippen LogP contribution is -2.30. The summed E-state index contributed by atoms with van der Waals surface area (Å²) in [7, 11) is -9.91. The number of carbonyl (C=O) groups excluding carboxylic acids is 4. The molecule has 0 saturated heterocycles. The molecule has 0 aliphatic rings. The van der Waals surface area contributed by atoms with Gasteiger partial charge < -0.3 is 33.8 Å². The van der Waals surface area contributed by atoms with E-state index in [-0.39, 0.29) is 25.7 Å². The first-order valence-corrected chi connectivity index (χ1v) is 43.0. The van der Waals surface area contributed by atoms with Crippen LogP contribution in [-0.4, -0.2) is 96.7 Å². The molecule has 0 rings (SSSR count). The molecule has 2 unspecified atom stereocenters.